The lowest BCUT2D eigenvalue weighted by atomic mass is 10.1. The first-order chi connectivity index (χ1) is 12.5. The Morgan fingerprint density at radius 3 is 2.31 bits per heavy atom. The molecule has 144 valence electrons. The Labute approximate surface area is 149 Å². The molecule has 26 heavy (non-hydrogen) atoms. The van der Waals surface area contributed by atoms with E-state index in [1.54, 1.807) is 0 Å². The Morgan fingerprint density at radius 1 is 1.12 bits per heavy atom. The van der Waals surface area contributed by atoms with Crippen LogP contribution in [0, 0.1) is 0 Å². The molecule has 3 rings (SSSR count). The van der Waals surface area contributed by atoms with E-state index in [-0.39, 0.29) is 0 Å². The summed E-state index contributed by atoms with van der Waals surface area (Å²) in [5.41, 5.74) is 0. The van der Waals surface area contributed by atoms with Crippen molar-refractivity contribution in [2.45, 2.75) is 56.1 Å². The zero-order valence-electron chi connectivity index (χ0n) is 14.1. The predicted octanol–water partition coefficient (Wildman–Crippen LogP) is -2.20. The highest BCUT2D eigenvalue weighted by Crippen LogP contribution is 2.20. The topological polar surface area (TPSA) is 140 Å². The summed E-state index contributed by atoms with van der Waals surface area (Å²) in [6.45, 7) is 0.876. The second-order valence-electron chi connectivity index (χ2n) is 6.57. The van der Waals surface area contributed by atoms with Gasteiger partial charge in [0.2, 0.25) is 5.78 Å². The molecule has 0 bridgehead atoms. The highest BCUT2D eigenvalue weighted by molar-refractivity contribution is 6.10. The number of hydrogen-bond acceptors (Lipinski definition) is 10. The molecule has 3 saturated heterocycles. The smallest absolute Gasteiger partial charge is 0.356 e. The summed E-state index contributed by atoms with van der Waals surface area (Å²) in [6, 6.07) is -0.990. The van der Waals surface area contributed by atoms with Crippen LogP contribution in [-0.2, 0) is 33.4 Å². The van der Waals surface area contributed by atoms with Gasteiger partial charge in [-0.15, -0.1) is 0 Å². The van der Waals surface area contributed by atoms with E-state index in [9.17, 15) is 24.3 Å². The van der Waals surface area contributed by atoms with Crippen molar-refractivity contribution in [1.29, 1.82) is 0 Å². The average Bonchev–Trinajstić information content (AvgIpc) is 3.37. The Kier molecular flexibility index (Phi) is 5.84. The molecule has 0 amide bonds. The first kappa shape index (κ1) is 18.7. The number of nitrogens with one attached hydrogen (secondary N) is 2. The molecule has 0 aromatic carbocycles. The second-order valence-corrected chi connectivity index (χ2v) is 6.57. The molecule has 0 aliphatic carbocycles. The molecular weight excluding hydrogens is 348 g/mol. The minimum absolute atomic E-state index is 0.434. The van der Waals surface area contributed by atoms with Gasteiger partial charge in [0.25, 0.3) is 6.10 Å². The normalized spacial score (nSPS) is 32.3. The van der Waals surface area contributed by atoms with Gasteiger partial charge in [-0.3, -0.25) is 14.4 Å². The van der Waals surface area contributed by atoms with Crippen molar-refractivity contribution in [3.63, 3.8) is 0 Å². The Balaban J connectivity index is 1.50. The second kappa shape index (κ2) is 8.11. The van der Waals surface area contributed by atoms with Crippen molar-refractivity contribution in [3.8, 4) is 0 Å². The molecule has 0 saturated carbocycles. The first-order valence-corrected chi connectivity index (χ1v) is 8.73. The predicted molar refractivity (Wildman–Crippen MR) is 83.8 cm³/mol. The third-order valence-electron chi connectivity index (χ3n) is 4.67. The summed E-state index contributed by atoms with van der Waals surface area (Å²) in [5.74, 6) is -3.13. The molecule has 0 aromatic rings. The van der Waals surface area contributed by atoms with Gasteiger partial charge in [0.1, 0.15) is 24.8 Å². The standard InChI is InChI=1S/C16H22N2O8/c19-10(7-24-14(21)8-3-1-5-17-8)12-11(20)13(16(23)25-12)26-15(22)9-4-2-6-18-9/h8-10,12-13,17-19H,1-7H2/t8-,9-,10-,12+,13?/m0/s1. The maximum absolute atomic E-state index is 12.3. The molecule has 3 fully saturated rings. The molecule has 0 aromatic heterocycles. The van der Waals surface area contributed by atoms with Crippen molar-refractivity contribution in [2.24, 2.45) is 0 Å². The van der Waals surface area contributed by atoms with Gasteiger partial charge >= 0.3 is 17.9 Å². The summed E-state index contributed by atoms with van der Waals surface area (Å²) in [7, 11) is 0. The quantitative estimate of drug-likeness (QED) is 0.268. The zero-order chi connectivity index (χ0) is 18.7. The number of esters is 3. The van der Waals surface area contributed by atoms with Gasteiger partial charge in [-0.2, -0.15) is 0 Å². The molecular formula is C16H22N2O8. The minimum atomic E-state index is -1.70. The molecule has 3 aliphatic heterocycles. The van der Waals surface area contributed by atoms with Gasteiger partial charge in [0, 0.05) is 0 Å². The number of Topliss-reactive ketones (excluding diaryl/α,β-unsaturated/α-hetero) is 1. The summed E-state index contributed by atoms with van der Waals surface area (Å²) in [5, 5.41) is 15.9. The van der Waals surface area contributed by atoms with Crippen LogP contribution in [0.25, 0.3) is 0 Å². The summed E-state index contributed by atoms with van der Waals surface area (Å²) in [6.07, 6.45) is -1.90. The van der Waals surface area contributed by atoms with Crippen LogP contribution in [0.3, 0.4) is 0 Å². The van der Waals surface area contributed by atoms with Crippen LogP contribution < -0.4 is 10.6 Å². The molecule has 0 radical (unpaired) electrons. The lowest BCUT2D eigenvalue weighted by molar-refractivity contribution is -0.164. The summed E-state index contributed by atoms with van der Waals surface area (Å²) >= 11 is 0. The first-order valence-electron chi connectivity index (χ1n) is 8.73. The van der Waals surface area contributed by atoms with Gasteiger partial charge in [0.15, 0.2) is 6.10 Å². The van der Waals surface area contributed by atoms with E-state index in [1.165, 1.54) is 0 Å². The van der Waals surface area contributed by atoms with Gasteiger partial charge < -0.3 is 30.0 Å². The molecule has 5 atom stereocenters. The monoisotopic (exact) mass is 370 g/mol. The van der Waals surface area contributed by atoms with Crippen molar-refractivity contribution < 1.29 is 38.5 Å². The Hall–Kier alpha value is -2.04. The number of cyclic esters (lactones) is 1. The molecule has 0 spiro atoms. The van der Waals surface area contributed by atoms with Gasteiger partial charge in [-0.1, -0.05) is 0 Å². The molecule has 10 nitrogen and oxygen atoms in total. The molecule has 3 N–H and O–H groups in total. The number of rotatable bonds is 6. The lowest BCUT2D eigenvalue weighted by Crippen LogP contribution is -2.42. The summed E-state index contributed by atoms with van der Waals surface area (Å²) in [4.78, 5) is 47.8. The number of carbonyl (C=O) groups excluding carboxylic acids is 4. The maximum atomic E-state index is 12.3. The van der Waals surface area contributed by atoms with Crippen molar-refractivity contribution >= 4 is 23.7 Å². The van der Waals surface area contributed by atoms with E-state index in [1.807, 2.05) is 0 Å². The summed E-state index contributed by atoms with van der Waals surface area (Å²) < 4.78 is 14.7. The number of ketones is 1. The number of carbonyl (C=O) groups is 4. The number of ether oxygens (including phenoxy) is 3. The van der Waals surface area contributed by atoms with Crippen LogP contribution in [0.4, 0.5) is 0 Å². The van der Waals surface area contributed by atoms with Crippen LogP contribution in [0.15, 0.2) is 0 Å². The van der Waals surface area contributed by atoms with Crippen LogP contribution >= 0.6 is 0 Å². The van der Waals surface area contributed by atoms with Gasteiger partial charge in [0.05, 0.1) is 0 Å². The highest BCUT2D eigenvalue weighted by Gasteiger charge is 2.50. The van der Waals surface area contributed by atoms with Gasteiger partial charge in [-0.25, -0.2) is 4.79 Å². The molecule has 3 aliphatic rings. The third-order valence-corrected chi connectivity index (χ3v) is 4.67. The Bertz CT molecular complexity index is 583. The van der Waals surface area contributed by atoms with Crippen molar-refractivity contribution in [3.05, 3.63) is 0 Å². The van der Waals surface area contributed by atoms with Crippen molar-refractivity contribution in [2.75, 3.05) is 19.7 Å². The van der Waals surface area contributed by atoms with Crippen molar-refractivity contribution in [1.82, 2.24) is 10.6 Å². The van der Waals surface area contributed by atoms with Crippen LogP contribution in [-0.4, -0.2) is 78.9 Å². The minimum Gasteiger partial charge on any atom is -0.462 e. The number of hydrogen-bond donors (Lipinski definition) is 3. The van der Waals surface area contributed by atoms with Crippen LogP contribution in [0.5, 0.6) is 0 Å². The lowest BCUT2D eigenvalue weighted by Gasteiger charge is -2.17. The highest BCUT2D eigenvalue weighted by atomic mass is 16.6. The van der Waals surface area contributed by atoms with Crippen LogP contribution in [0.2, 0.25) is 0 Å². The largest absolute Gasteiger partial charge is 0.462 e. The average molecular weight is 370 g/mol. The fraction of sp³-hybridized carbons (Fsp3) is 0.750. The fourth-order valence-electron chi connectivity index (χ4n) is 3.21. The Morgan fingerprint density at radius 2 is 1.73 bits per heavy atom. The van der Waals surface area contributed by atoms with E-state index in [0.717, 1.165) is 12.8 Å². The SMILES string of the molecule is O=C1O[C@H]([C@@H](O)COC(=O)[C@@H]2CCCN2)C(=O)C1OC(=O)[C@@H]1CCCN1. The molecule has 1 unspecified atom stereocenters. The van der Waals surface area contributed by atoms with E-state index in [2.05, 4.69) is 10.6 Å². The van der Waals surface area contributed by atoms with E-state index >= 15 is 0 Å². The zero-order valence-corrected chi connectivity index (χ0v) is 14.1. The fourth-order valence-corrected chi connectivity index (χ4v) is 3.21. The van der Waals surface area contributed by atoms with Gasteiger partial charge in [-0.05, 0) is 38.8 Å². The van der Waals surface area contributed by atoms with Crippen LogP contribution in [0.1, 0.15) is 25.7 Å². The molecule has 3 heterocycles. The maximum Gasteiger partial charge on any atom is 0.356 e. The van der Waals surface area contributed by atoms with E-state index in [4.69, 9.17) is 14.2 Å². The molecule has 10 heteroatoms. The third kappa shape index (κ3) is 4.02. The van der Waals surface area contributed by atoms with E-state index in [0.29, 0.717) is 25.9 Å². The number of aliphatic hydroxyl groups is 1. The van der Waals surface area contributed by atoms with E-state index < -0.39 is 60.7 Å². The number of aliphatic hydroxyl groups excluding tert-OH is 1.